The van der Waals surface area contributed by atoms with Crippen molar-refractivity contribution in [3.63, 3.8) is 0 Å². The summed E-state index contributed by atoms with van der Waals surface area (Å²) in [6.45, 7) is 3.86. The Balaban J connectivity index is 2.30. The van der Waals surface area contributed by atoms with Crippen molar-refractivity contribution in [2.75, 3.05) is 18.2 Å². The fraction of sp³-hybridized carbons (Fsp3) is 0.188. The number of ether oxygens (including phenoxy) is 1. The van der Waals surface area contributed by atoms with Crippen LogP contribution in [0.4, 0.5) is 11.4 Å². The molecule has 2 aromatic carbocycles. The van der Waals surface area contributed by atoms with E-state index in [0.717, 1.165) is 11.1 Å². The van der Waals surface area contributed by atoms with Crippen molar-refractivity contribution in [2.45, 2.75) is 13.8 Å². The quantitative estimate of drug-likeness (QED) is 0.842. The zero-order chi connectivity index (χ0) is 14.7. The molecule has 0 unspecified atom stereocenters. The molecule has 1 amide bonds. The van der Waals surface area contributed by atoms with Crippen LogP contribution in [0.25, 0.3) is 0 Å². The van der Waals surface area contributed by atoms with Gasteiger partial charge in [0, 0.05) is 11.6 Å². The van der Waals surface area contributed by atoms with Gasteiger partial charge in [-0.15, -0.1) is 0 Å². The lowest BCUT2D eigenvalue weighted by atomic mass is 10.0. The number of carbonyl (C=O) groups is 1. The minimum atomic E-state index is -0.175. The van der Waals surface area contributed by atoms with Crippen LogP contribution in [0.15, 0.2) is 36.4 Å². The first-order chi connectivity index (χ1) is 9.51. The Labute approximate surface area is 118 Å². The van der Waals surface area contributed by atoms with Crippen molar-refractivity contribution in [3.05, 3.63) is 53.1 Å². The molecule has 0 saturated carbocycles. The molecule has 0 spiro atoms. The molecule has 20 heavy (non-hydrogen) atoms. The van der Waals surface area contributed by atoms with Crippen LogP contribution in [-0.2, 0) is 0 Å². The average molecular weight is 270 g/mol. The zero-order valence-electron chi connectivity index (χ0n) is 11.9. The predicted molar refractivity (Wildman–Crippen MR) is 81.3 cm³/mol. The molecule has 0 aliphatic carbocycles. The number of aryl methyl sites for hydroxylation is 2. The Hall–Kier alpha value is -2.49. The number of methoxy groups -OCH3 is 1. The highest BCUT2D eigenvalue weighted by atomic mass is 16.5. The molecule has 104 valence electrons. The van der Waals surface area contributed by atoms with Gasteiger partial charge in [-0.25, -0.2) is 0 Å². The van der Waals surface area contributed by atoms with Gasteiger partial charge in [-0.05, 0) is 37.6 Å². The van der Waals surface area contributed by atoms with Gasteiger partial charge >= 0.3 is 0 Å². The molecular formula is C16H18N2O2. The van der Waals surface area contributed by atoms with Gasteiger partial charge in [-0.1, -0.05) is 17.7 Å². The van der Waals surface area contributed by atoms with Gasteiger partial charge in [0.2, 0.25) is 0 Å². The van der Waals surface area contributed by atoms with Crippen LogP contribution in [0.2, 0.25) is 0 Å². The first kappa shape index (κ1) is 13.9. The van der Waals surface area contributed by atoms with Crippen LogP contribution in [0.3, 0.4) is 0 Å². The van der Waals surface area contributed by atoms with E-state index in [1.54, 1.807) is 25.3 Å². The third-order valence-electron chi connectivity index (χ3n) is 3.15. The Bertz CT molecular complexity index is 651. The van der Waals surface area contributed by atoms with Crippen LogP contribution in [0, 0.1) is 13.8 Å². The normalized spacial score (nSPS) is 10.2. The number of hydrogen-bond acceptors (Lipinski definition) is 3. The maximum absolute atomic E-state index is 12.3. The number of nitrogens with two attached hydrogens (primary N) is 1. The molecule has 4 nitrogen and oxygen atoms in total. The van der Waals surface area contributed by atoms with Crippen LogP contribution < -0.4 is 15.8 Å². The van der Waals surface area contributed by atoms with Gasteiger partial charge in [0.25, 0.3) is 5.91 Å². The summed E-state index contributed by atoms with van der Waals surface area (Å²) in [4.78, 5) is 12.3. The number of nitrogens with one attached hydrogen (secondary N) is 1. The van der Waals surface area contributed by atoms with Crippen molar-refractivity contribution in [2.24, 2.45) is 0 Å². The fourth-order valence-corrected chi connectivity index (χ4v) is 1.94. The second-order valence-corrected chi connectivity index (χ2v) is 4.73. The summed E-state index contributed by atoms with van der Waals surface area (Å²) in [7, 11) is 1.57. The lowest BCUT2D eigenvalue weighted by molar-refractivity contribution is 0.102. The van der Waals surface area contributed by atoms with Crippen LogP contribution in [0.5, 0.6) is 5.75 Å². The summed E-state index contributed by atoms with van der Waals surface area (Å²) in [5, 5.41) is 2.83. The summed E-state index contributed by atoms with van der Waals surface area (Å²) in [5.74, 6) is 0.474. The van der Waals surface area contributed by atoms with Gasteiger partial charge in [0.1, 0.15) is 5.75 Å². The molecule has 2 aromatic rings. The minimum Gasteiger partial charge on any atom is -0.497 e. The van der Waals surface area contributed by atoms with E-state index < -0.39 is 0 Å². The van der Waals surface area contributed by atoms with Crippen molar-refractivity contribution >= 4 is 17.3 Å². The molecule has 0 heterocycles. The van der Waals surface area contributed by atoms with Crippen molar-refractivity contribution < 1.29 is 9.53 Å². The SMILES string of the molecule is COc1ccc(N)c(NC(=O)c2cc(C)ccc2C)c1. The molecule has 0 radical (unpaired) electrons. The summed E-state index contributed by atoms with van der Waals surface area (Å²) in [5.41, 5.74) is 9.54. The summed E-state index contributed by atoms with van der Waals surface area (Å²) >= 11 is 0. The molecule has 4 heteroatoms. The van der Waals surface area contributed by atoms with Crippen LogP contribution in [-0.4, -0.2) is 13.0 Å². The Morgan fingerprint density at radius 1 is 1.15 bits per heavy atom. The summed E-state index contributed by atoms with van der Waals surface area (Å²) in [6.07, 6.45) is 0. The minimum absolute atomic E-state index is 0.175. The number of amides is 1. The van der Waals surface area contributed by atoms with Crippen LogP contribution in [0.1, 0.15) is 21.5 Å². The molecule has 0 saturated heterocycles. The van der Waals surface area contributed by atoms with Crippen LogP contribution >= 0.6 is 0 Å². The van der Waals surface area contributed by atoms with E-state index in [4.69, 9.17) is 10.5 Å². The van der Waals surface area contributed by atoms with Gasteiger partial charge in [0.05, 0.1) is 18.5 Å². The molecule has 0 aliphatic rings. The first-order valence-corrected chi connectivity index (χ1v) is 6.33. The Morgan fingerprint density at radius 3 is 2.60 bits per heavy atom. The molecule has 0 fully saturated rings. The number of benzene rings is 2. The standard InChI is InChI=1S/C16H18N2O2/c1-10-4-5-11(2)13(8-10)16(19)18-15-9-12(20-3)6-7-14(15)17/h4-9H,17H2,1-3H3,(H,18,19). The molecular weight excluding hydrogens is 252 g/mol. The van der Waals surface area contributed by atoms with Gasteiger partial charge in [-0.2, -0.15) is 0 Å². The molecule has 0 aliphatic heterocycles. The first-order valence-electron chi connectivity index (χ1n) is 6.33. The second-order valence-electron chi connectivity index (χ2n) is 4.73. The van der Waals surface area contributed by atoms with E-state index in [1.165, 1.54) is 0 Å². The monoisotopic (exact) mass is 270 g/mol. The zero-order valence-corrected chi connectivity index (χ0v) is 11.9. The van der Waals surface area contributed by atoms with Gasteiger partial charge in [0.15, 0.2) is 0 Å². The van der Waals surface area contributed by atoms with E-state index in [2.05, 4.69) is 5.32 Å². The number of carbonyl (C=O) groups excluding carboxylic acids is 1. The third kappa shape index (κ3) is 2.91. The molecule has 3 N–H and O–H groups in total. The molecule has 0 bridgehead atoms. The number of nitrogen functional groups attached to an aromatic ring is 1. The lowest BCUT2D eigenvalue weighted by Gasteiger charge is -2.11. The Kier molecular flexibility index (Phi) is 3.94. The van der Waals surface area contributed by atoms with E-state index in [0.29, 0.717) is 22.7 Å². The van der Waals surface area contributed by atoms with Crippen molar-refractivity contribution in [1.29, 1.82) is 0 Å². The average Bonchev–Trinajstić information content (AvgIpc) is 2.43. The van der Waals surface area contributed by atoms with E-state index in [-0.39, 0.29) is 5.91 Å². The number of hydrogen-bond donors (Lipinski definition) is 2. The highest BCUT2D eigenvalue weighted by Gasteiger charge is 2.11. The third-order valence-corrected chi connectivity index (χ3v) is 3.15. The maximum Gasteiger partial charge on any atom is 0.255 e. The molecule has 2 rings (SSSR count). The maximum atomic E-state index is 12.3. The summed E-state index contributed by atoms with van der Waals surface area (Å²) < 4.78 is 5.13. The lowest BCUT2D eigenvalue weighted by Crippen LogP contribution is -2.14. The van der Waals surface area contributed by atoms with Crippen molar-refractivity contribution in [3.8, 4) is 5.75 Å². The highest BCUT2D eigenvalue weighted by Crippen LogP contribution is 2.25. The van der Waals surface area contributed by atoms with E-state index in [9.17, 15) is 4.79 Å². The van der Waals surface area contributed by atoms with Crippen molar-refractivity contribution in [1.82, 2.24) is 0 Å². The van der Waals surface area contributed by atoms with Gasteiger partial charge in [-0.3, -0.25) is 4.79 Å². The van der Waals surface area contributed by atoms with E-state index in [1.807, 2.05) is 32.0 Å². The largest absolute Gasteiger partial charge is 0.497 e. The topological polar surface area (TPSA) is 64.3 Å². The fourth-order valence-electron chi connectivity index (χ4n) is 1.94. The highest BCUT2D eigenvalue weighted by molar-refractivity contribution is 6.06. The van der Waals surface area contributed by atoms with Gasteiger partial charge < -0.3 is 15.8 Å². The predicted octanol–water partition coefficient (Wildman–Crippen LogP) is 3.15. The smallest absolute Gasteiger partial charge is 0.255 e. The second kappa shape index (κ2) is 5.65. The molecule has 0 atom stereocenters. The number of anilines is 2. The summed E-state index contributed by atoms with van der Waals surface area (Å²) in [6, 6.07) is 10.9. The van der Waals surface area contributed by atoms with E-state index >= 15 is 0 Å². The Morgan fingerprint density at radius 2 is 1.90 bits per heavy atom. The number of rotatable bonds is 3. The molecule has 0 aromatic heterocycles.